The molecule has 0 amide bonds. The first-order chi connectivity index (χ1) is 14.1. The van der Waals surface area contributed by atoms with Crippen molar-refractivity contribution in [1.29, 1.82) is 0 Å². The maximum Gasteiger partial charge on any atom is 0.200 e. The Labute approximate surface area is 164 Å². The van der Waals surface area contributed by atoms with E-state index in [1.165, 1.54) is 37.6 Å². The van der Waals surface area contributed by atoms with Crippen LogP contribution in [0.3, 0.4) is 0 Å². The third kappa shape index (κ3) is 3.57. The number of benzene rings is 3. The van der Waals surface area contributed by atoms with E-state index < -0.39 is 11.6 Å². The zero-order valence-electron chi connectivity index (χ0n) is 15.4. The van der Waals surface area contributed by atoms with Crippen LogP contribution in [-0.2, 0) is 6.61 Å². The molecular weight excluding hydrogens is 378 g/mol. The lowest BCUT2D eigenvalue weighted by Gasteiger charge is -2.10. The van der Waals surface area contributed by atoms with Crippen molar-refractivity contribution in [3.05, 3.63) is 94.3 Å². The average Bonchev–Trinajstić information content (AvgIpc) is 2.73. The van der Waals surface area contributed by atoms with Gasteiger partial charge in [-0.25, -0.2) is 8.78 Å². The minimum absolute atomic E-state index is 0.166. The molecule has 0 aliphatic heterocycles. The van der Waals surface area contributed by atoms with Gasteiger partial charge in [0.05, 0.1) is 23.6 Å². The molecule has 0 radical (unpaired) electrons. The largest absolute Gasteiger partial charge is 0.496 e. The predicted octanol–water partition coefficient (Wildman–Crippen LogP) is 5.33. The molecule has 0 aliphatic carbocycles. The smallest absolute Gasteiger partial charge is 0.200 e. The number of halogens is 2. The highest BCUT2D eigenvalue weighted by Gasteiger charge is 2.14. The van der Waals surface area contributed by atoms with Crippen LogP contribution in [-0.4, -0.2) is 7.11 Å². The number of hydrogen-bond donors (Lipinski definition) is 0. The van der Waals surface area contributed by atoms with Gasteiger partial charge in [-0.05, 0) is 30.3 Å². The zero-order chi connectivity index (χ0) is 20.4. The van der Waals surface area contributed by atoms with E-state index in [9.17, 15) is 13.6 Å². The lowest BCUT2D eigenvalue weighted by molar-refractivity contribution is 0.292. The summed E-state index contributed by atoms with van der Waals surface area (Å²) in [5.74, 6) is -0.475. The van der Waals surface area contributed by atoms with Crippen LogP contribution < -0.4 is 14.9 Å². The van der Waals surface area contributed by atoms with Crippen molar-refractivity contribution in [3.8, 4) is 22.6 Å². The SMILES string of the molecule is COc1ccccc1-c1coc2cc(OCc3c(F)cccc3F)ccc2c1=O. The van der Waals surface area contributed by atoms with E-state index in [4.69, 9.17) is 13.9 Å². The normalized spacial score (nSPS) is 10.9. The van der Waals surface area contributed by atoms with Crippen LogP contribution in [0.1, 0.15) is 5.56 Å². The van der Waals surface area contributed by atoms with Gasteiger partial charge >= 0.3 is 0 Å². The van der Waals surface area contributed by atoms with E-state index >= 15 is 0 Å². The Balaban J connectivity index is 1.67. The number of ether oxygens (including phenoxy) is 2. The van der Waals surface area contributed by atoms with E-state index in [-0.39, 0.29) is 17.6 Å². The van der Waals surface area contributed by atoms with Gasteiger partial charge in [0.1, 0.15) is 41.6 Å². The first-order valence-corrected chi connectivity index (χ1v) is 8.83. The van der Waals surface area contributed by atoms with Gasteiger partial charge < -0.3 is 13.9 Å². The Hall–Kier alpha value is -3.67. The molecule has 0 spiro atoms. The second kappa shape index (κ2) is 7.75. The van der Waals surface area contributed by atoms with Crippen LogP contribution in [0.2, 0.25) is 0 Å². The van der Waals surface area contributed by atoms with Crippen molar-refractivity contribution in [3.63, 3.8) is 0 Å². The summed E-state index contributed by atoms with van der Waals surface area (Å²) in [6.45, 7) is -0.284. The monoisotopic (exact) mass is 394 g/mol. The van der Waals surface area contributed by atoms with Crippen LogP contribution in [0.5, 0.6) is 11.5 Å². The fourth-order valence-corrected chi connectivity index (χ4v) is 3.08. The van der Waals surface area contributed by atoms with Gasteiger partial charge in [-0.1, -0.05) is 24.3 Å². The van der Waals surface area contributed by atoms with E-state index in [2.05, 4.69) is 0 Å². The summed E-state index contributed by atoms with van der Waals surface area (Å²) in [5, 5.41) is 0.359. The van der Waals surface area contributed by atoms with Crippen LogP contribution in [0.4, 0.5) is 8.78 Å². The summed E-state index contributed by atoms with van der Waals surface area (Å²) in [5.41, 5.74) is 0.918. The summed E-state index contributed by atoms with van der Waals surface area (Å²) >= 11 is 0. The molecule has 0 atom stereocenters. The highest BCUT2D eigenvalue weighted by molar-refractivity contribution is 5.83. The second-order valence-electron chi connectivity index (χ2n) is 6.33. The molecule has 29 heavy (non-hydrogen) atoms. The lowest BCUT2D eigenvalue weighted by Crippen LogP contribution is -2.06. The molecule has 4 nitrogen and oxygen atoms in total. The summed E-state index contributed by atoms with van der Waals surface area (Å²) in [7, 11) is 1.53. The molecule has 0 saturated heterocycles. The standard InChI is InChI=1S/C23H16F2O4/c1-27-21-8-3-2-5-15(21)17-12-29-22-11-14(9-10-16(22)23(17)26)28-13-18-19(24)6-4-7-20(18)25/h2-12H,13H2,1H3. The number of para-hydroxylation sites is 1. The molecule has 146 valence electrons. The maximum atomic E-state index is 13.7. The van der Waals surface area contributed by atoms with E-state index in [1.54, 1.807) is 30.3 Å². The van der Waals surface area contributed by atoms with E-state index in [1.807, 2.05) is 6.07 Å². The van der Waals surface area contributed by atoms with Crippen molar-refractivity contribution in [2.75, 3.05) is 7.11 Å². The van der Waals surface area contributed by atoms with Gasteiger partial charge in [-0.2, -0.15) is 0 Å². The van der Waals surface area contributed by atoms with Gasteiger partial charge in [0.2, 0.25) is 5.43 Å². The quantitative estimate of drug-likeness (QED) is 0.459. The third-order valence-corrected chi connectivity index (χ3v) is 4.59. The highest BCUT2D eigenvalue weighted by atomic mass is 19.1. The van der Waals surface area contributed by atoms with E-state index in [0.29, 0.717) is 33.6 Å². The van der Waals surface area contributed by atoms with Crippen LogP contribution in [0.15, 0.2) is 76.1 Å². The molecule has 4 aromatic rings. The van der Waals surface area contributed by atoms with Crippen LogP contribution >= 0.6 is 0 Å². The molecule has 0 N–H and O–H groups in total. The van der Waals surface area contributed by atoms with Crippen molar-refractivity contribution in [2.24, 2.45) is 0 Å². The molecule has 0 unspecified atom stereocenters. The van der Waals surface area contributed by atoms with Gasteiger partial charge in [0.15, 0.2) is 0 Å². The molecule has 3 aromatic carbocycles. The number of fused-ring (bicyclic) bond motifs is 1. The van der Waals surface area contributed by atoms with Gasteiger partial charge in [-0.3, -0.25) is 4.79 Å². The van der Waals surface area contributed by atoms with Gasteiger partial charge in [-0.15, -0.1) is 0 Å². The Morgan fingerprint density at radius 2 is 1.69 bits per heavy atom. The fourth-order valence-electron chi connectivity index (χ4n) is 3.08. The summed E-state index contributed by atoms with van der Waals surface area (Å²) < 4.78 is 43.9. The molecule has 1 aromatic heterocycles. The highest BCUT2D eigenvalue weighted by Crippen LogP contribution is 2.29. The summed E-state index contributed by atoms with van der Waals surface area (Å²) in [6.07, 6.45) is 1.36. The maximum absolute atomic E-state index is 13.7. The first-order valence-electron chi connectivity index (χ1n) is 8.83. The lowest BCUT2D eigenvalue weighted by atomic mass is 10.0. The Morgan fingerprint density at radius 1 is 0.931 bits per heavy atom. The number of methoxy groups -OCH3 is 1. The molecular formula is C23H16F2O4. The van der Waals surface area contributed by atoms with Crippen LogP contribution in [0, 0.1) is 11.6 Å². The number of hydrogen-bond acceptors (Lipinski definition) is 4. The minimum atomic E-state index is -0.682. The molecule has 1 heterocycles. The molecule has 6 heteroatoms. The predicted molar refractivity (Wildman–Crippen MR) is 105 cm³/mol. The molecule has 0 saturated carbocycles. The molecule has 0 aliphatic rings. The minimum Gasteiger partial charge on any atom is -0.496 e. The van der Waals surface area contributed by atoms with Crippen molar-refractivity contribution < 1.29 is 22.7 Å². The second-order valence-corrected chi connectivity index (χ2v) is 6.33. The summed E-state index contributed by atoms with van der Waals surface area (Å²) in [4.78, 5) is 12.9. The van der Waals surface area contributed by atoms with Crippen LogP contribution in [0.25, 0.3) is 22.1 Å². The Morgan fingerprint density at radius 3 is 2.45 bits per heavy atom. The first kappa shape index (κ1) is 18.7. The van der Waals surface area contributed by atoms with Crippen molar-refractivity contribution in [1.82, 2.24) is 0 Å². The molecule has 4 rings (SSSR count). The van der Waals surface area contributed by atoms with Crippen molar-refractivity contribution in [2.45, 2.75) is 6.61 Å². The fraction of sp³-hybridized carbons (Fsp3) is 0.0870. The van der Waals surface area contributed by atoms with Crippen molar-refractivity contribution >= 4 is 11.0 Å². The Kier molecular flexibility index (Phi) is 4.99. The zero-order valence-corrected chi connectivity index (χ0v) is 15.4. The Bertz CT molecular complexity index is 1230. The van der Waals surface area contributed by atoms with Gasteiger partial charge in [0, 0.05) is 11.6 Å². The van der Waals surface area contributed by atoms with E-state index in [0.717, 1.165) is 0 Å². The average molecular weight is 394 g/mol. The number of rotatable bonds is 5. The topological polar surface area (TPSA) is 48.7 Å². The molecule has 0 bridgehead atoms. The molecule has 0 fully saturated rings. The third-order valence-electron chi connectivity index (χ3n) is 4.59. The summed E-state index contributed by atoms with van der Waals surface area (Å²) in [6, 6.07) is 15.4. The van der Waals surface area contributed by atoms with Gasteiger partial charge in [0.25, 0.3) is 0 Å².